The summed E-state index contributed by atoms with van der Waals surface area (Å²) >= 11 is 0. The van der Waals surface area contributed by atoms with Gasteiger partial charge in [-0.25, -0.2) is 4.98 Å². The van der Waals surface area contributed by atoms with Crippen LogP contribution in [0.1, 0.15) is 11.1 Å². The number of nitrogens with two attached hydrogens (primary N) is 1. The molecule has 0 fully saturated rings. The molecule has 0 radical (unpaired) electrons. The lowest BCUT2D eigenvalue weighted by atomic mass is 10.2. The van der Waals surface area contributed by atoms with Gasteiger partial charge < -0.3 is 21.1 Å². The molecule has 3 rings (SSSR count). The fourth-order valence-corrected chi connectivity index (χ4v) is 2.61. The van der Waals surface area contributed by atoms with Crippen molar-refractivity contribution in [1.82, 2.24) is 4.98 Å². The minimum absolute atomic E-state index is 0.262. The first-order valence-electron chi connectivity index (χ1n) is 9.17. The number of benzene rings is 2. The van der Waals surface area contributed by atoms with Crippen molar-refractivity contribution in [2.75, 3.05) is 16.4 Å². The van der Waals surface area contributed by atoms with E-state index in [4.69, 9.17) is 5.73 Å². The van der Waals surface area contributed by atoms with Crippen LogP contribution in [-0.2, 0) is 11.3 Å². The van der Waals surface area contributed by atoms with E-state index >= 15 is 0 Å². The number of hydrogen-bond acceptors (Lipinski definition) is 5. The third-order valence-electron chi connectivity index (χ3n) is 4.04. The lowest BCUT2D eigenvalue weighted by Crippen LogP contribution is -2.17. The van der Waals surface area contributed by atoms with Crippen LogP contribution in [0.5, 0.6) is 5.75 Å². The maximum atomic E-state index is 12.3. The SMILES string of the molecule is Nc1ccccc1NC(=O)/C=C\c1ccc(NCc2cccc(OC(F)(F)F)c2)nc1. The summed E-state index contributed by atoms with van der Waals surface area (Å²) in [5, 5.41) is 5.70. The molecule has 0 aliphatic heterocycles. The molecule has 0 unspecified atom stereocenters. The summed E-state index contributed by atoms with van der Waals surface area (Å²) in [6, 6.07) is 16.1. The van der Waals surface area contributed by atoms with E-state index in [-0.39, 0.29) is 18.2 Å². The third-order valence-corrected chi connectivity index (χ3v) is 4.04. The Labute approximate surface area is 176 Å². The van der Waals surface area contributed by atoms with Gasteiger partial charge in [0, 0.05) is 18.8 Å². The average Bonchev–Trinajstić information content (AvgIpc) is 2.72. The van der Waals surface area contributed by atoms with Crippen LogP contribution in [-0.4, -0.2) is 17.3 Å². The predicted molar refractivity (Wildman–Crippen MR) is 113 cm³/mol. The van der Waals surface area contributed by atoms with Crippen molar-refractivity contribution in [3.8, 4) is 5.75 Å². The predicted octanol–water partition coefficient (Wildman–Crippen LogP) is 4.83. The average molecular weight is 428 g/mol. The maximum absolute atomic E-state index is 12.3. The number of para-hydroxylation sites is 2. The molecule has 6 nitrogen and oxygen atoms in total. The molecule has 1 aromatic heterocycles. The molecule has 0 bridgehead atoms. The topological polar surface area (TPSA) is 89.3 Å². The first-order valence-corrected chi connectivity index (χ1v) is 9.17. The number of rotatable bonds is 7. The van der Waals surface area contributed by atoms with E-state index in [1.54, 1.807) is 54.7 Å². The number of pyridine rings is 1. The van der Waals surface area contributed by atoms with E-state index in [0.717, 1.165) is 0 Å². The van der Waals surface area contributed by atoms with Gasteiger partial charge in [-0.05, 0) is 53.6 Å². The number of carbonyl (C=O) groups is 1. The first kappa shape index (κ1) is 21.7. The molecule has 4 N–H and O–H groups in total. The van der Waals surface area contributed by atoms with Gasteiger partial charge in [-0.2, -0.15) is 0 Å². The Kier molecular flexibility index (Phi) is 6.76. The number of hydrogen-bond donors (Lipinski definition) is 3. The number of anilines is 3. The van der Waals surface area contributed by atoms with Crippen molar-refractivity contribution in [2.24, 2.45) is 0 Å². The van der Waals surface area contributed by atoms with Gasteiger partial charge in [0.25, 0.3) is 0 Å². The van der Waals surface area contributed by atoms with Crippen LogP contribution in [0.3, 0.4) is 0 Å². The number of nitrogens with one attached hydrogen (secondary N) is 2. The van der Waals surface area contributed by atoms with Gasteiger partial charge in [0.2, 0.25) is 5.91 Å². The second-order valence-corrected chi connectivity index (χ2v) is 6.44. The van der Waals surface area contributed by atoms with E-state index in [2.05, 4.69) is 20.4 Å². The highest BCUT2D eigenvalue weighted by atomic mass is 19.4. The Hall–Kier alpha value is -4.01. The zero-order valence-electron chi connectivity index (χ0n) is 16.2. The zero-order valence-corrected chi connectivity index (χ0v) is 16.2. The summed E-state index contributed by atoms with van der Waals surface area (Å²) in [6.07, 6.45) is -0.209. The van der Waals surface area contributed by atoms with Crippen LogP contribution in [0.15, 0.2) is 72.9 Å². The van der Waals surface area contributed by atoms with Crippen LogP contribution in [0.2, 0.25) is 0 Å². The summed E-state index contributed by atoms with van der Waals surface area (Å²) in [5.74, 6) is -0.0855. The van der Waals surface area contributed by atoms with E-state index in [1.165, 1.54) is 24.3 Å². The lowest BCUT2D eigenvalue weighted by molar-refractivity contribution is -0.274. The van der Waals surface area contributed by atoms with Gasteiger partial charge in [0.15, 0.2) is 0 Å². The Morgan fingerprint density at radius 2 is 1.90 bits per heavy atom. The third kappa shape index (κ3) is 7.07. The van der Waals surface area contributed by atoms with Gasteiger partial charge in [-0.1, -0.05) is 24.3 Å². The van der Waals surface area contributed by atoms with Crippen molar-refractivity contribution in [3.63, 3.8) is 0 Å². The summed E-state index contributed by atoms with van der Waals surface area (Å²) in [6.45, 7) is 0.262. The van der Waals surface area contributed by atoms with E-state index in [0.29, 0.717) is 28.3 Å². The fraction of sp³-hybridized carbons (Fsp3) is 0.0909. The molecule has 1 heterocycles. The molecule has 2 aromatic carbocycles. The van der Waals surface area contributed by atoms with Gasteiger partial charge >= 0.3 is 6.36 Å². The summed E-state index contributed by atoms with van der Waals surface area (Å²) in [5.41, 5.74) is 8.08. The van der Waals surface area contributed by atoms with Crippen molar-refractivity contribution in [2.45, 2.75) is 12.9 Å². The highest BCUT2D eigenvalue weighted by Crippen LogP contribution is 2.23. The normalized spacial score (nSPS) is 11.3. The Bertz CT molecular complexity index is 1070. The van der Waals surface area contributed by atoms with Crippen LogP contribution in [0.25, 0.3) is 6.08 Å². The van der Waals surface area contributed by atoms with Crippen molar-refractivity contribution < 1.29 is 22.7 Å². The number of nitrogens with zero attached hydrogens (tertiary/aromatic N) is 1. The largest absolute Gasteiger partial charge is 0.573 e. The van der Waals surface area contributed by atoms with Gasteiger partial charge in [0.1, 0.15) is 11.6 Å². The van der Waals surface area contributed by atoms with Gasteiger partial charge in [-0.3, -0.25) is 4.79 Å². The molecule has 0 saturated heterocycles. The number of alkyl halides is 3. The van der Waals surface area contributed by atoms with E-state index in [1.807, 2.05) is 0 Å². The number of ether oxygens (including phenoxy) is 1. The molecule has 160 valence electrons. The number of nitrogen functional groups attached to an aromatic ring is 1. The number of aromatic nitrogens is 1. The molecule has 1 amide bonds. The minimum atomic E-state index is -4.73. The van der Waals surface area contributed by atoms with E-state index in [9.17, 15) is 18.0 Å². The molecule has 0 spiro atoms. The number of amides is 1. The second kappa shape index (κ2) is 9.66. The van der Waals surface area contributed by atoms with Crippen LogP contribution in [0, 0.1) is 0 Å². The molecule has 0 aliphatic rings. The highest BCUT2D eigenvalue weighted by Gasteiger charge is 2.31. The Morgan fingerprint density at radius 3 is 2.61 bits per heavy atom. The second-order valence-electron chi connectivity index (χ2n) is 6.44. The number of halogens is 3. The van der Waals surface area contributed by atoms with Crippen LogP contribution < -0.4 is 21.1 Å². The van der Waals surface area contributed by atoms with E-state index < -0.39 is 6.36 Å². The molecular formula is C22H19F3N4O2. The summed E-state index contributed by atoms with van der Waals surface area (Å²) in [7, 11) is 0. The molecule has 0 aliphatic carbocycles. The molecular weight excluding hydrogens is 409 g/mol. The molecule has 9 heteroatoms. The number of carbonyl (C=O) groups excluding carboxylic acids is 1. The van der Waals surface area contributed by atoms with Crippen molar-refractivity contribution in [1.29, 1.82) is 0 Å². The summed E-state index contributed by atoms with van der Waals surface area (Å²) < 4.78 is 40.9. The quantitative estimate of drug-likeness (QED) is 0.371. The zero-order chi connectivity index (χ0) is 22.3. The Morgan fingerprint density at radius 1 is 1.10 bits per heavy atom. The van der Waals surface area contributed by atoms with Crippen LogP contribution in [0.4, 0.5) is 30.4 Å². The van der Waals surface area contributed by atoms with Gasteiger partial charge in [0.05, 0.1) is 11.4 Å². The summed E-state index contributed by atoms with van der Waals surface area (Å²) in [4.78, 5) is 16.2. The lowest BCUT2D eigenvalue weighted by Gasteiger charge is -2.11. The molecule has 3 aromatic rings. The molecule has 0 atom stereocenters. The standard InChI is InChI=1S/C22H19F3N4O2/c23-22(24,25)31-17-5-3-4-16(12-17)14-28-20-10-8-15(13-27-20)9-11-21(30)29-19-7-2-1-6-18(19)26/h1-13H,14,26H2,(H,27,28)(H,29,30)/b11-9-. The van der Waals surface area contributed by atoms with Gasteiger partial charge in [-0.15, -0.1) is 13.2 Å². The molecule has 31 heavy (non-hydrogen) atoms. The Balaban J connectivity index is 1.53. The minimum Gasteiger partial charge on any atom is -0.406 e. The highest BCUT2D eigenvalue weighted by molar-refractivity contribution is 6.03. The first-order chi connectivity index (χ1) is 14.8. The van der Waals surface area contributed by atoms with Crippen LogP contribution >= 0.6 is 0 Å². The smallest absolute Gasteiger partial charge is 0.406 e. The molecule has 0 saturated carbocycles. The fourth-order valence-electron chi connectivity index (χ4n) is 2.61. The maximum Gasteiger partial charge on any atom is 0.573 e. The van der Waals surface area contributed by atoms with Crippen molar-refractivity contribution >= 4 is 29.2 Å². The monoisotopic (exact) mass is 428 g/mol. The van der Waals surface area contributed by atoms with Crippen molar-refractivity contribution in [3.05, 3.63) is 84.1 Å².